The first-order valence-corrected chi connectivity index (χ1v) is 6.59. The fourth-order valence-corrected chi connectivity index (χ4v) is 1.66. The summed E-state index contributed by atoms with van der Waals surface area (Å²) in [5.74, 6) is 0.957. The molecular weight excluding hydrogens is 252 g/mol. The van der Waals surface area contributed by atoms with Crippen LogP contribution in [0.5, 0.6) is 5.75 Å². The molecule has 1 rings (SSSR count). The molecule has 0 fully saturated rings. The maximum absolute atomic E-state index is 9.35. The van der Waals surface area contributed by atoms with E-state index in [1.54, 1.807) is 17.1 Å². The van der Waals surface area contributed by atoms with Gasteiger partial charge in [0.05, 0.1) is 18.1 Å². The van der Waals surface area contributed by atoms with Gasteiger partial charge >= 0.3 is 0 Å². The molecule has 4 nitrogen and oxygen atoms in total. The topological polar surface area (TPSA) is 45.1 Å². The average molecular weight is 274 g/mol. The summed E-state index contributed by atoms with van der Waals surface area (Å²) in [4.78, 5) is 0. The Morgan fingerprint density at radius 1 is 1.40 bits per heavy atom. The molecular formula is C16H22N2O2. The van der Waals surface area contributed by atoms with Crippen LogP contribution < -0.4 is 0 Å². The maximum Gasteiger partial charge on any atom is 0.115 e. The van der Waals surface area contributed by atoms with Gasteiger partial charge in [-0.1, -0.05) is 19.6 Å². The first kappa shape index (κ1) is 15.8. The van der Waals surface area contributed by atoms with Crippen molar-refractivity contribution in [2.45, 2.75) is 19.8 Å². The summed E-state index contributed by atoms with van der Waals surface area (Å²) >= 11 is 0. The van der Waals surface area contributed by atoms with Crippen molar-refractivity contribution in [3.8, 4) is 5.75 Å². The van der Waals surface area contributed by atoms with E-state index >= 15 is 0 Å². The number of rotatable bonds is 8. The molecule has 4 heteroatoms. The number of ether oxygens (including phenoxy) is 1. The molecule has 108 valence electrons. The van der Waals surface area contributed by atoms with Gasteiger partial charge in [0.25, 0.3) is 0 Å². The first-order valence-electron chi connectivity index (χ1n) is 6.59. The summed E-state index contributed by atoms with van der Waals surface area (Å²) in [6.07, 6.45) is 3.55. The highest BCUT2D eigenvalue weighted by Gasteiger charge is 2.06. The van der Waals surface area contributed by atoms with Crippen molar-refractivity contribution in [2.24, 2.45) is 5.10 Å². The second-order valence-electron chi connectivity index (χ2n) is 4.39. The Morgan fingerprint density at radius 2 is 2.05 bits per heavy atom. The standard InChI is InChI=1S/C16H22N2O2/c1-5-12-20-13(2)6-11-16(18(4)17-3)14-7-9-15(19)10-8-14/h7-11,19H,2-3,5-6,12H2,1,4H3/b16-11-. The lowest BCUT2D eigenvalue weighted by Gasteiger charge is -2.17. The Kier molecular flexibility index (Phi) is 6.37. The second-order valence-corrected chi connectivity index (χ2v) is 4.39. The Morgan fingerprint density at radius 3 is 2.60 bits per heavy atom. The van der Waals surface area contributed by atoms with Crippen molar-refractivity contribution in [3.63, 3.8) is 0 Å². The van der Waals surface area contributed by atoms with E-state index in [-0.39, 0.29) is 5.75 Å². The lowest BCUT2D eigenvalue weighted by molar-refractivity contribution is 0.209. The van der Waals surface area contributed by atoms with Gasteiger partial charge in [-0.15, -0.1) is 0 Å². The third kappa shape index (κ3) is 4.80. The highest BCUT2D eigenvalue weighted by atomic mass is 16.5. The lowest BCUT2D eigenvalue weighted by Crippen LogP contribution is -2.09. The number of benzene rings is 1. The molecule has 0 amide bonds. The fourth-order valence-electron chi connectivity index (χ4n) is 1.66. The van der Waals surface area contributed by atoms with Crippen LogP contribution >= 0.6 is 0 Å². The van der Waals surface area contributed by atoms with Crippen molar-refractivity contribution >= 4 is 12.4 Å². The second kappa shape index (κ2) is 8.04. The van der Waals surface area contributed by atoms with E-state index in [0.29, 0.717) is 13.0 Å². The van der Waals surface area contributed by atoms with E-state index < -0.39 is 0 Å². The summed E-state index contributed by atoms with van der Waals surface area (Å²) in [5, 5.41) is 14.9. The van der Waals surface area contributed by atoms with Crippen molar-refractivity contribution < 1.29 is 9.84 Å². The summed E-state index contributed by atoms with van der Waals surface area (Å²) < 4.78 is 5.47. The van der Waals surface area contributed by atoms with Crippen LogP contribution in [0.15, 0.2) is 47.8 Å². The number of hydrogen-bond acceptors (Lipinski definition) is 4. The molecule has 0 aliphatic heterocycles. The summed E-state index contributed by atoms with van der Waals surface area (Å²) in [7, 11) is 1.82. The van der Waals surface area contributed by atoms with Crippen LogP contribution in [0.3, 0.4) is 0 Å². The monoisotopic (exact) mass is 274 g/mol. The van der Waals surface area contributed by atoms with Crippen LogP contribution in [-0.2, 0) is 4.74 Å². The number of hydrazone groups is 1. The predicted molar refractivity (Wildman–Crippen MR) is 83.4 cm³/mol. The van der Waals surface area contributed by atoms with Crippen LogP contribution in [0.4, 0.5) is 0 Å². The number of aromatic hydroxyl groups is 1. The minimum absolute atomic E-state index is 0.234. The molecule has 20 heavy (non-hydrogen) atoms. The zero-order valence-electron chi connectivity index (χ0n) is 12.2. The zero-order valence-corrected chi connectivity index (χ0v) is 12.2. The number of phenols is 1. The van der Waals surface area contributed by atoms with Gasteiger partial charge in [-0.2, -0.15) is 5.10 Å². The number of nitrogens with zero attached hydrogens (tertiary/aromatic N) is 2. The van der Waals surface area contributed by atoms with Crippen molar-refractivity contribution in [1.82, 2.24) is 5.01 Å². The third-order valence-corrected chi connectivity index (χ3v) is 2.76. The number of phenolic OH excluding ortho intramolecular Hbond substituents is 1. The zero-order chi connectivity index (χ0) is 15.0. The number of allylic oxidation sites excluding steroid dienone is 1. The van der Waals surface area contributed by atoms with Crippen molar-refractivity contribution in [1.29, 1.82) is 0 Å². The summed E-state index contributed by atoms with van der Waals surface area (Å²) in [6, 6.07) is 6.95. The molecule has 0 atom stereocenters. The van der Waals surface area contributed by atoms with Gasteiger partial charge in [-0.05, 0) is 36.2 Å². The molecule has 1 N–H and O–H groups in total. The van der Waals surface area contributed by atoms with Gasteiger partial charge in [-0.3, -0.25) is 5.01 Å². The van der Waals surface area contributed by atoms with Gasteiger partial charge in [0.1, 0.15) is 5.75 Å². The van der Waals surface area contributed by atoms with E-state index in [4.69, 9.17) is 4.74 Å². The van der Waals surface area contributed by atoms with Crippen molar-refractivity contribution in [3.05, 3.63) is 48.2 Å². The van der Waals surface area contributed by atoms with E-state index in [1.165, 1.54) is 0 Å². The van der Waals surface area contributed by atoms with Crippen LogP contribution in [0.2, 0.25) is 0 Å². The number of hydrogen-bond donors (Lipinski definition) is 1. The highest BCUT2D eigenvalue weighted by molar-refractivity contribution is 5.64. The molecule has 0 saturated heterocycles. The minimum Gasteiger partial charge on any atom is -0.508 e. The largest absolute Gasteiger partial charge is 0.508 e. The molecule has 0 bridgehead atoms. The molecule has 0 saturated carbocycles. The molecule has 0 unspecified atom stereocenters. The quantitative estimate of drug-likeness (QED) is 0.447. The van der Waals surface area contributed by atoms with Gasteiger partial charge in [0.15, 0.2) is 0 Å². The first-order chi connectivity index (χ1) is 9.58. The summed E-state index contributed by atoms with van der Waals surface area (Å²) in [6.45, 7) is 10.2. The molecule has 0 aliphatic carbocycles. The summed E-state index contributed by atoms with van der Waals surface area (Å²) in [5.41, 5.74) is 1.84. The minimum atomic E-state index is 0.234. The van der Waals surface area contributed by atoms with E-state index in [1.807, 2.05) is 25.3 Å². The Labute approximate surface area is 120 Å². The van der Waals surface area contributed by atoms with E-state index in [2.05, 4.69) is 25.3 Å². The third-order valence-electron chi connectivity index (χ3n) is 2.76. The Balaban J connectivity index is 2.86. The Hall–Kier alpha value is -2.23. The van der Waals surface area contributed by atoms with Gasteiger partial charge in [0, 0.05) is 20.2 Å². The normalized spacial score (nSPS) is 11.0. The van der Waals surface area contributed by atoms with E-state index in [0.717, 1.165) is 23.4 Å². The van der Waals surface area contributed by atoms with E-state index in [9.17, 15) is 5.11 Å². The highest BCUT2D eigenvalue weighted by Crippen LogP contribution is 2.22. The van der Waals surface area contributed by atoms with Gasteiger partial charge < -0.3 is 9.84 Å². The van der Waals surface area contributed by atoms with Crippen LogP contribution in [0, 0.1) is 0 Å². The molecule has 0 radical (unpaired) electrons. The molecule has 0 aromatic heterocycles. The smallest absolute Gasteiger partial charge is 0.115 e. The lowest BCUT2D eigenvalue weighted by atomic mass is 10.1. The average Bonchev–Trinajstić information content (AvgIpc) is 2.46. The van der Waals surface area contributed by atoms with Crippen molar-refractivity contribution in [2.75, 3.05) is 13.7 Å². The molecule has 1 aromatic carbocycles. The molecule has 0 aliphatic rings. The Bertz CT molecular complexity index is 478. The molecule has 1 aromatic rings. The maximum atomic E-state index is 9.35. The predicted octanol–water partition coefficient (Wildman–Crippen LogP) is 3.61. The van der Waals surface area contributed by atoms with Gasteiger partial charge in [0.2, 0.25) is 0 Å². The fraction of sp³-hybridized carbons (Fsp3) is 0.312. The molecule has 0 heterocycles. The molecule has 0 spiro atoms. The van der Waals surface area contributed by atoms with Gasteiger partial charge in [-0.25, -0.2) is 0 Å². The SMILES string of the molecule is C=NN(C)/C(=C\CC(=C)OCCC)c1ccc(O)cc1. The van der Waals surface area contributed by atoms with Crippen LogP contribution in [-0.4, -0.2) is 30.5 Å². The van der Waals surface area contributed by atoms with Crippen LogP contribution in [0.25, 0.3) is 5.70 Å². The van der Waals surface area contributed by atoms with Crippen LogP contribution in [0.1, 0.15) is 25.3 Å².